The monoisotopic (exact) mass is 456 g/mol. The minimum atomic E-state index is -0.421. The number of aryl methyl sites for hydroxylation is 1. The van der Waals surface area contributed by atoms with Crippen LogP contribution in [-0.2, 0) is 9.59 Å². The van der Waals surface area contributed by atoms with Gasteiger partial charge < -0.3 is 14.8 Å². The van der Waals surface area contributed by atoms with Gasteiger partial charge in [0.15, 0.2) is 0 Å². The summed E-state index contributed by atoms with van der Waals surface area (Å²) in [5.74, 6) is 0.488. The van der Waals surface area contributed by atoms with Gasteiger partial charge in [-0.05, 0) is 50.1 Å². The number of carbonyl (C=O) groups is 2. The number of nitrogens with one attached hydrogen (secondary N) is 1. The molecule has 1 aliphatic heterocycles. The minimum absolute atomic E-state index is 0.224. The maximum Gasteiger partial charge on any atom is 0.282 e. The van der Waals surface area contributed by atoms with Crippen LogP contribution in [0.4, 0.5) is 11.4 Å². The van der Waals surface area contributed by atoms with E-state index in [9.17, 15) is 9.59 Å². The van der Waals surface area contributed by atoms with Crippen molar-refractivity contribution in [2.24, 2.45) is 0 Å². The lowest BCUT2D eigenvalue weighted by molar-refractivity contribution is -0.120. The molecule has 0 aromatic heterocycles. The Balaban J connectivity index is 1.75. The molecule has 0 bridgehead atoms. The van der Waals surface area contributed by atoms with E-state index in [0.29, 0.717) is 47.2 Å². The fourth-order valence-corrected chi connectivity index (χ4v) is 3.78. The molecule has 0 spiro atoms. The van der Waals surface area contributed by atoms with Gasteiger partial charge in [0.25, 0.3) is 11.8 Å². The van der Waals surface area contributed by atoms with E-state index in [4.69, 9.17) is 9.47 Å². The summed E-state index contributed by atoms with van der Waals surface area (Å²) in [7, 11) is 0. The first-order chi connectivity index (χ1) is 16.5. The van der Waals surface area contributed by atoms with Crippen LogP contribution in [0.2, 0.25) is 0 Å². The van der Waals surface area contributed by atoms with Gasteiger partial charge in [0.1, 0.15) is 17.2 Å². The van der Waals surface area contributed by atoms with Crippen LogP contribution in [0.5, 0.6) is 11.5 Å². The van der Waals surface area contributed by atoms with Crippen molar-refractivity contribution < 1.29 is 19.1 Å². The van der Waals surface area contributed by atoms with Gasteiger partial charge in [-0.15, -0.1) is 0 Å². The molecule has 0 unspecified atom stereocenters. The van der Waals surface area contributed by atoms with E-state index >= 15 is 0 Å². The third-order valence-electron chi connectivity index (χ3n) is 5.39. The Hall–Kier alpha value is -4.06. The number of rotatable bonds is 9. The number of benzene rings is 3. The van der Waals surface area contributed by atoms with E-state index in [1.165, 1.54) is 4.90 Å². The maximum atomic E-state index is 13.6. The van der Waals surface area contributed by atoms with Gasteiger partial charge in [0.05, 0.1) is 24.5 Å². The number of nitrogens with zero attached hydrogens (tertiary/aromatic N) is 1. The predicted molar refractivity (Wildman–Crippen MR) is 134 cm³/mol. The molecule has 3 aromatic rings. The molecule has 0 saturated carbocycles. The van der Waals surface area contributed by atoms with Gasteiger partial charge in [0.2, 0.25) is 0 Å². The third-order valence-corrected chi connectivity index (χ3v) is 5.39. The summed E-state index contributed by atoms with van der Waals surface area (Å²) in [5, 5.41) is 3.19. The molecule has 3 aromatic carbocycles. The molecule has 0 atom stereocenters. The molecular weight excluding hydrogens is 428 g/mol. The summed E-state index contributed by atoms with van der Waals surface area (Å²) in [6.07, 6.45) is 0.861. The van der Waals surface area contributed by atoms with Crippen molar-refractivity contribution in [2.75, 3.05) is 23.4 Å². The first kappa shape index (κ1) is 23.1. The van der Waals surface area contributed by atoms with Crippen molar-refractivity contribution in [3.8, 4) is 11.5 Å². The molecule has 34 heavy (non-hydrogen) atoms. The van der Waals surface area contributed by atoms with E-state index in [2.05, 4.69) is 5.32 Å². The molecule has 4 rings (SSSR count). The summed E-state index contributed by atoms with van der Waals surface area (Å²) in [4.78, 5) is 28.5. The lowest BCUT2D eigenvalue weighted by Gasteiger charge is -2.17. The predicted octanol–water partition coefficient (Wildman–Crippen LogP) is 5.58. The standard InChI is InChI=1S/C28H28N2O4/c1-4-16-34-24-11-7-9-22(18-24)30-27(31)25(20-14-12-19(3)13-15-20)26(28(30)32)29-21-8-6-10-23(17-21)33-5-2/h6-15,17-18,29H,4-5,16H2,1-3H3. The van der Waals surface area contributed by atoms with Crippen LogP contribution in [-0.4, -0.2) is 25.0 Å². The Kier molecular flexibility index (Phi) is 6.97. The summed E-state index contributed by atoms with van der Waals surface area (Å²) in [6, 6.07) is 22.0. The highest BCUT2D eigenvalue weighted by Crippen LogP contribution is 2.35. The summed E-state index contributed by atoms with van der Waals surface area (Å²) < 4.78 is 11.3. The summed E-state index contributed by atoms with van der Waals surface area (Å²) in [6.45, 7) is 7.00. The van der Waals surface area contributed by atoms with E-state index in [1.807, 2.05) is 75.4 Å². The number of imide groups is 1. The highest BCUT2D eigenvalue weighted by atomic mass is 16.5. The summed E-state index contributed by atoms with van der Waals surface area (Å²) >= 11 is 0. The number of amides is 2. The SMILES string of the molecule is CCCOc1cccc(N2C(=O)C(Nc3cccc(OCC)c3)=C(c3ccc(C)cc3)C2=O)c1. The second-order valence-electron chi connectivity index (χ2n) is 7.99. The highest BCUT2D eigenvalue weighted by molar-refractivity contribution is 6.46. The van der Waals surface area contributed by atoms with Crippen molar-refractivity contribution in [3.05, 3.63) is 89.6 Å². The smallest absolute Gasteiger partial charge is 0.282 e. The van der Waals surface area contributed by atoms with Crippen LogP contribution < -0.4 is 19.7 Å². The molecule has 6 nitrogen and oxygen atoms in total. The number of hydrogen-bond acceptors (Lipinski definition) is 5. The van der Waals surface area contributed by atoms with Crippen LogP contribution in [0.15, 0.2) is 78.5 Å². The van der Waals surface area contributed by atoms with E-state index in [-0.39, 0.29) is 11.6 Å². The number of anilines is 2. The molecule has 1 heterocycles. The van der Waals surface area contributed by atoms with Crippen molar-refractivity contribution >= 4 is 28.8 Å². The fraction of sp³-hybridized carbons (Fsp3) is 0.214. The largest absolute Gasteiger partial charge is 0.494 e. The quantitative estimate of drug-likeness (QED) is 0.426. The molecule has 0 saturated heterocycles. The second kappa shape index (κ2) is 10.3. The average molecular weight is 457 g/mol. The van der Waals surface area contributed by atoms with E-state index in [1.54, 1.807) is 18.2 Å². The molecule has 0 radical (unpaired) electrons. The molecule has 2 amide bonds. The molecular formula is C28H28N2O4. The number of hydrogen-bond donors (Lipinski definition) is 1. The topological polar surface area (TPSA) is 67.9 Å². The fourth-order valence-electron chi connectivity index (χ4n) is 3.78. The zero-order chi connectivity index (χ0) is 24.1. The second-order valence-corrected chi connectivity index (χ2v) is 7.99. The van der Waals surface area contributed by atoms with Crippen molar-refractivity contribution in [3.63, 3.8) is 0 Å². The van der Waals surface area contributed by atoms with Crippen molar-refractivity contribution in [1.29, 1.82) is 0 Å². The Bertz CT molecular complexity index is 1230. The number of carbonyl (C=O) groups excluding carboxylic acids is 2. The van der Waals surface area contributed by atoms with Crippen molar-refractivity contribution in [2.45, 2.75) is 27.2 Å². The van der Waals surface area contributed by atoms with Crippen LogP contribution in [0.3, 0.4) is 0 Å². The summed E-state index contributed by atoms with van der Waals surface area (Å²) in [5.41, 5.74) is 3.42. The van der Waals surface area contributed by atoms with Gasteiger partial charge in [-0.1, -0.05) is 48.9 Å². The highest BCUT2D eigenvalue weighted by Gasteiger charge is 2.40. The molecule has 0 aliphatic carbocycles. The normalized spacial score (nSPS) is 13.4. The van der Waals surface area contributed by atoms with Gasteiger partial charge in [-0.3, -0.25) is 9.59 Å². The van der Waals surface area contributed by atoms with Gasteiger partial charge >= 0.3 is 0 Å². The zero-order valence-electron chi connectivity index (χ0n) is 19.6. The Morgan fingerprint density at radius 2 is 1.53 bits per heavy atom. The first-order valence-corrected chi connectivity index (χ1v) is 11.4. The first-order valence-electron chi connectivity index (χ1n) is 11.4. The molecule has 1 aliphatic rings. The van der Waals surface area contributed by atoms with Crippen molar-refractivity contribution in [1.82, 2.24) is 0 Å². The molecule has 0 fully saturated rings. The lowest BCUT2D eigenvalue weighted by atomic mass is 10.0. The van der Waals surface area contributed by atoms with Gasteiger partial charge in [0, 0.05) is 17.8 Å². The maximum absolute atomic E-state index is 13.6. The van der Waals surface area contributed by atoms with Crippen LogP contribution >= 0.6 is 0 Å². The van der Waals surface area contributed by atoms with Gasteiger partial charge in [-0.2, -0.15) is 0 Å². The van der Waals surface area contributed by atoms with Crippen LogP contribution in [0.25, 0.3) is 5.57 Å². The lowest BCUT2D eigenvalue weighted by Crippen LogP contribution is -2.32. The molecule has 1 N–H and O–H groups in total. The Labute approximate surface area is 199 Å². The Morgan fingerprint density at radius 1 is 0.824 bits per heavy atom. The zero-order valence-corrected chi connectivity index (χ0v) is 19.6. The van der Waals surface area contributed by atoms with Gasteiger partial charge in [-0.25, -0.2) is 4.90 Å². The van der Waals surface area contributed by atoms with Crippen LogP contribution in [0, 0.1) is 6.92 Å². The minimum Gasteiger partial charge on any atom is -0.494 e. The van der Waals surface area contributed by atoms with E-state index in [0.717, 1.165) is 12.0 Å². The third kappa shape index (κ3) is 4.81. The Morgan fingerprint density at radius 3 is 2.24 bits per heavy atom. The molecule has 6 heteroatoms. The number of ether oxygens (including phenoxy) is 2. The average Bonchev–Trinajstić information content (AvgIpc) is 3.08. The van der Waals surface area contributed by atoms with E-state index < -0.39 is 5.91 Å². The molecule has 174 valence electrons. The van der Waals surface area contributed by atoms with Crippen LogP contribution in [0.1, 0.15) is 31.4 Å².